The molecule has 0 saturated heterocycles. The van der Waals surface area contributed by atoms with Crippen molar-refractivity contribution in [1.29, 1.82) is 0 Å². The largest absolute Gasteiger partial charge is 0.507 e. The molecular weight excluding hydrogens is 256 g/mol. The van der Waals surface area contributed by atoms with Gasteiger partial charge < -0.3 is 5.11 Å². The van der Waals surface area contributed by atoms with Gasteiger partial charge in [0, 0.05) is 5.56 Å². The number of para-hydroxylation sites is 1. The first-order chi connectivity index (χ1) is 10.3. The number of phenols is 1. The molecule has 102 valence electrons. The number of phenolic OH excluding ortho intramolecular Hbond substituents is 1. The Morgan fingerprint density at radius 3 is 1.95 bits per heavy atom. The minimum atomic E-state index is 0.304. The highest BCUT2D eigenvalue weighted by Gasteiger charge is 2.06. The van der Waals surface area contributed by atoms with E-state index in [0.717, 1.165) is 22.3 Å². The molecule has 0 aliphatic carbocycles. The average molecular weight is 272 g/mol. The van der Waals surface area contributed by atoms with Crippen molar-refractivity contribution in [2.24, 2.45) is 0 Å². The summed E-state index contributed by atoms with van der Waals surface area (Å²) in [4.78, 5) is 0. The molecule has 0 amide bonds. The molecule has 0 heterocycles. The van der Waals surface area contributed by atoms with Crippen molar-refractivity contribution >= 4 is 12.2 Å². The van der Waals surface area contributed by atoms with Gasteiger partial charge in [0.05, 0.1) is 0 Å². The molecule has 3 rings (SSSR count). The van der Waals surface area contributed by atoms with Crippen LogP contribution in [0.2, 0.25) is 0 Å². The van der Waals surface area contributed by atoms with Crippen molar-refractivity contribution in [2.75, 3.05) is 0 Å². The van der Waals surface area contributed by atoms with Crippen LogP contribution in [0.3, 0.4) is 0 Å². The molecule has 0 fully saturated rings. The van der Waals surface area contributed by atoms with Crippen molar-refractivity contribution in [2.45, 2.75) is 0 Å². The van der Waals surface area contributed by atoms with Gasteiger partial charge in [-0.1, -0.05) is 84.9 Å². The van der Waals surface area contributed by atoms with Crippen LogP contribution in [0.1, 0.15) is 11.1 Å². The van der Waals surface area contributed by atoms with E-state index in [2.05, 4.69) is 30.4 Å². The highest BCUT2D eigenvalue weighted by atomic mass is 16.3. The fraction of sp³-hybridized carbons (Fsp3) is 0. The molecule has 3 aromatic rings. The topological polar surface area (TPSA) is 20.2 Å². The molecular formula is C20H16O. The summed E-state index contributed by atoms with van der Waals surface area (Å²) in [7, 11) is 0. The normalized spacial score (nSPS) is 10.9. The minimum Gasteiger partial charge on any atom is -0.507 e. The molecule has 1 heteroatoms. The van der Waals surface area contributed by atoms with E-state index in [9.17, 15) is 5.11 Å². The predicted molar refractivity (Wildman–Crippen MR) is 88.9 cm³/mol. The minimum absolute atomic E-state index is 0.304. The summed E-state index contributed by atoms with van der Waals surface area (Å²) < 4.78 is 0. The summed E-state index contributed by atoms with van der Waals surface area (Å²) in [5.41, 5.74) is 4.13. The Bertz CT molecular complexity index is 758. The quantitative estimate of drug-likeness (QED) is 0.647. The van der Waals surface area contributed by atoms with Gasteiger partial charge in [0.15, 0.2) is 0 Å². The molecule has 0 unspecified atom stereocenters. The van der Waals surface area contributed by atoms with Crippen LogP contribution >= 0.6 is 0 Å². The zero-order valence-corrected chi connectivity index (χ0v) is 11.6. The maximum atomic E-state index is 10.0. The standard InChI is InChI=1S/C20H16O/c21-20-13-7-6-12-19(20)18-11-5-4-10-17(18)15-14-16-8-2-1-3-9-16/h1-15,21H. The Balaban J connectivity index is 2.01. The van der Waals surface area contributed by atoms with Gasteiger partial charge in [-0.25, -0.2) is 0 Å². The Kier molecular flexibility index (Phi) is 3.83. The van der Waals surface area contributed by atoms with Crippen LogP contribution < -0.4 is 0 Å². The summed E-state index contributed by atoms with van der Waals surface area (Å²) in [5, 5.41) is 10.0. The maximum absolute atomic E-state index is 10.0. The van der Waals surface area contributed by atoms with Gasteiger partial charge in [0.1, 0.15) is 5.75 Å². The fourth-order valence-corrected chi connectivity index (χ4v) is 2.34. The summed E-state index contributed by atoms with van der Waals surface area (Å²) in [6, 6.07) is 25.7. The highest BCUT2D eigenvalue weighted by molar-refractivity contribution is 5.83. The second-order valence-electron chi connectivity index (χ2n) is 4.85. The fourth-order valence-electron chi connectivity index (χ4n) is 2.34. The molecule has 0 atom stereocenters. The molecule has 0 saturated carbocycles. The lowest BCUT2D eigenvalue weighted by molar-refractivity contribution is 0.477. The van der Waals surface area contributed by atoms with E-state index in [0.29, 0.717) is 5.75 Å². The first kappa shape index (κ1) is 13.2. The lowest BCUT2D eigenvalue weighted by Gasteiger charge is -2.08. The second-order valence-corrected chi connectivity index (χ2v) is 4.85. The monoisotopic (exact) mass is 272 g/mol. The Hall–Kier alpha value is -2.80. The molecule has 0 radical (unpaired) electrons. The van der Waals surface area contributed by atoms with E-state index in [1.165, 1.54) is 0 Å². The van der Waals surface area contributed by atoms with Crippen molar-refractivity contribution in [3.63, 3.8) is 0 Å². The highest BCUT2D eigenvalue weighted by Crippen LogP contribution is 2.32. The molecule has 1 nitrogen and oxygen atoms in total. The van der Waals surface area contributed by atoms with Gasteiger partial charge in [-0.3, -0.25) is 0 Å². The number of benzene rings is 3. The third-order valence-electron chi connectivity index (χ3n) is 3.41. The van der Waals surface area contributed by atoms with E-state index < -0.39 is 0 Å². The third kappa shape index (κ3) is 3.03. The van der Waals surface area contributed by atoms with Crippen LogP contribution in [0.25, 0.3) is 23.3 Å². The van der Waals surface area contributed by atoms with E-state index in [1.54, 1.807) is 6.07 Å². The smallest absolute Gasteiger partial charge is 0.123 e. The molecule has 0 aliphatic rings. The predicted octanol–water partition coefficient (Wildman–Crippen LogP) is 5.23. The molecule has 0 aromatic heterocycles. The second kappa shape index (κ2) is 6.10. The van der Waals surface area contributed by atoms with E-state index in [-0.39, 0.29) is 0 Å². The first-order valence-electron chi connectivity index (χ1n) is 6.95. The van der Waals surface area contributed by atoms with Gasteiger partial charge >= 0.3 is 0 Å². The molecule has 0 aliphatic heterocycles. The molecule has 21 heavy (non-hydrogen) atoms. The average Bonchev–Trinajstić information content (AvgIpc) is 2.55. The zero-order valence-electron chi connectivity index (χ0n) is 11.6. The molecule has 1 N–H and O–H groups in total. The SMILES string of the molecule is Oc1ccccc1-c1ccccc1C=Cc1ccccc1. The number of hydrogen-bond acceptors (Lipinski definition) is 1. The van der Waals surface area contributed by atoms with Crippen LogP contribution in [0.15, 0.2) is 78.9 Å². The maximum Gasteiger partial charge on any atom is 0.123 e. The zero-order chi connectivity index (χ0) is 14.5. The van der Waals surface area contributed by atoms with Gasteiger partial charge in [-0.2, -0.15) is 0 Å². The van der Waals surface area contributed by atoms with Crippen molar-refractivity contribution in [1.82, 2.24) is 0 Å². The van der Waals surface area contributed by atoms with Gasteiger partial charge in [-0.15, -0.1) is 0 Å². The first-order valence-corrected chi connectivity index (χ1v) is 6.95. The van der Waals surface area contributed by atoms with E-state index >= 15 is 0 Å². The van der Waals surface area contributed by atoms with Crippen LogP contribution in [-0.2, 0) is 0 Å². The van der Waals surface area contributed by atoms with E-state index in [4.69, 9.17) is 0 Å². The Morgan fingerprint density at radius 1 is 0.571 bits per heavy atom. The summed E-state index contributed by atoms with van der Waals surface area (Å²) in [6.45, 7) is 0. The molecule has 0 spiro atoms. The third-order valence-corrected chi connectivity index (χ3v) is 3.41. The Labute approximate surface area is 124 Å². The Morgan fingerprint density at radius 2 is 1.19 bits per heavy atom. The van der Waals surface area contributed by atoms with Crippen LogP contribution in [0.4, 0.5) is 0 Å². The lowest BCUT2D eigenvalue weighted by atomic mass is 9.98. The molecule has 3 aromatic carbocycles. The lowest BCUT2D eigenvalue weighted by Crippen LogP contribution is -1.83. The van der Waals surface area contributed by atoms with E-state index in [1.807, 2.05) is 54.6 Å². The summed E-state index contributed by atoms with van der Waals surface area (Å²) in [5.74, 6) is 0.304. The van der Waals surface area contributed by atoms with Crippen molar-refractivity contribution < 1.29 is 5.11 Å². The van der Waals surface area contributed by atoms with Crippen LogP contribution in [-0.4, -0.2) is 5.11 Å². The van der Waals surface area contributed by atoms with Crippen LogP contribution in [0, 0.1) is 0 Å². The van der Waals surface area contributed by atoms with Gasteiger partial charge in [0.25, 0.3) is 0 Å². The van der Waals surface area contributed by atoms with Crippen LogP contribution in [0.5, 0.6) is 5.75 Å². The van der Waals surface area contributed by atoms with Gasteiger partial charge in [0.2, 0.25) is 0 Å². The number of hydrogen-bond donors (Lipinski definition) is 1. The van der Waals surface area contributed by atoms with Crippen molar-refractivity contribution in [3.8, 4) is 16.9 Å². The summed E-state index contributed by atoms with van der Waals surface area (Å²) >= 11 is 0. The van der Waals surface area contributed by atoms with Crippen molar-refractivity contribution in [3.05, 3.63) is 90.0 Å². The molecule has 0 bridgehead atoms. The summed E-state index contributed by atoms with van der Waals surface area (Å²) in [6.07, 6.45) is 4.16. The van der Waals surface area contributed by atoms with Gasteiger partial charge in [-0.05, 0) is 22.8 Å². The number of rotatable bonds is 3. The number of aromatic hydroxyl groups is 1.